The van der Waals surface area contributed by atoms with E-state index in [1.54, 1.807) is 6.20 Å². The predicted octanol–water partition coefficient (Wildman–Crippen LogP) is 4.34. The van der Waals surface area contributed by atoms with E-state index in [1.165, 1.54) is 0 Å². The van der Waals surface area contributed by atoms with Crippen molar-refractivity contribution >= 4 is 0 Å². The normalized spacial score (nSPS) is 11.4. The van der Waals surface area contributed by atoms with E-state index in [0.717, 1.165) is 28.0 Å². The molecule has 0 spiro atoms. The van der Waals surface area contributed by atoms with Crippen molar-refractivity contribution in [3.8, 4) is 22.8 Å². The molecule has 0 amide bonds. The third-order valence-electron chi connectivity index (χ3n) is 3.18. The molecule has 4 heteroatoms. The van der Waals surface area contributed by atoms with Crippen LogP contribution in [0.2, 0.25) is 0 Å². The quantitative estimate of drug-likeness (QED) is 0.842. The highest BCUT2D eigenvalue weighted by Gasteiger charge is 2.16. The molecule has 0 saturated carbocycles. The monoisotopic (exact) mass is 300 g/mol. The summed E-state index contributed by atoms with van der Waals surface area (Å²) in [6.45, 7) is 12.7. The van der Waals surface area contributed by atoms with Gasteiger partial charge in [-0.05, 0) is 70.4 Å². The van der Waals surface area contributed by atoms with Crippen LogP contribution in [-0.4, -0.2) is 22.4 Å². The zero-order valence-corrected chi connectivity index (χ0v) is 14.2. The summed E-state index contributed by atoms with van der Waals surface area (Å²) in [5.74, 6) is 1.45. The number of ether oxygens (including phenoxy) is 2. The van der Waals surface area contributed by atoms with Crippen LogP contribution in [0, 0.1) is 13.8 Å². The van der Waals surface area contributed by atoms with Crippen molar-refractivity contribution in [3.05, 3.63) is 35.5 Å². The Labute approximate surface area is 132 Å². The molecule has 0 fully saturated rings. The zero-order valence-electron chi connectivity index (χ0n) is 14.2. The summed E-state index contributed by atoms with van der Waals surface area (Å²) in [6, 6.07) is 6.10. The Balaban J connectivity index is 2.46. The van der Waals surface area contributed by atoms with Gasteiger partial charge in [-0.3, -0.25) is 0 Å². The third-order valence-corrected chi connectivity index (χ3v) is 3.18. The van der Waals surface area contributed by atoms with Crippen LogP contribution in [0.3, 0.4) is 0 Å². The maximum absolute atomic E-state index is 5.92. The number of nitrogens with zero attached hydrogens (tertiary/aromatic N) is 2. The summed E-state index contributed by atoms with van der Waals surface area (Å²) in [7, 11) is 0. The molecule has 0 aliphatic rings. The minimum atomic E-state index is -0.210. The fourth-order valence-electron chi connectivity index (χ4n) is 2.35. The van der Waals surface area contributed by atoms with Crippen LogP contribution in [0.1, 0.15) is 38.8 Å². The first-order valence-electron chi connectivity index (χ1n) is 7.57. The maximum Gasteiger partial charge on any atom is 0.241 e. The Morgan fingerprint density at radius 3 is 2.41 bits per heavy atom. The number of rotatable bonds is 4. The third kappa shape index (κ3) is 3.75. The van der Waals surface area contributed by atoms with Crippen LogP contribution < -0.4 is 9.47 Å². The molecule has 22 heavy (non-hydrogen) atoms. The number of hydrogen-bond donors (Lipinski definition) is 0. The molecule has 4 nitrogen and oxygen atoms in total. The Morgan fingerprint density at radius 1 is 1.09 bits per heavy atom. The Bertz CT molecular complexity index is 661. The first-order valence-corrected chi connectivity index (χ1v) is 7.57. The van der Waals surface area contributed by atoms with Gasteiger partial charge in [-0.25, -0.2) is 0 Å². The van der Waals surface area contributed by atoms with Crippen LogP contribution in [0.4, 0.5) is 0 Å². The lowest BCUT2D eigenvalue weighted by Crippen LogP contribution is -2.22. The average molecular weight is 300 g/mol. The number of aromatic nitrogens is 2. The summed E-state index contributed by atoms with van der Waals surface area (Å²) in [5.41, 5.74) is 4.05. The van der Waals surface area contributed by atoms with Gasteiger partial charge in [0.2, 0.25) is 5.88 Å². The lowest BCUT2D eigenvalue weighted by Gasteiger charge is -2.22. The Morgan fingerprint density at radius 2 is 1.82 bits per heavy atom. The molecule has 0 radical (unpaired) electrons. The van der Waals surface area contributed by atoms with Crippen LogP contribution >= 0.6 is 0 Å². The highest BCUT2D eigenvalue weighted by atomic mass is 16.5. The second-order valence-corrected chi connectivity index (χ2v) is 6.33. The van der Waals surface area contributed by atoms with Crippen LogP contribution in [-0.2, 0) is 0 Å². The van der Waals surface area contributed by atoms with Gasteiger partial charge in [-0.1, -0.05) is 6.07 Å². The minimum absolute atomic E-state index is 0.210. The molecular weight excluding hydrogens is 276 g/mol. The average Bonchev–Trinajstić information content (AvgIpc) is 2.39. The van der Waals surface area contributed by atoms with E-state index in [2.05, 4.69) is 29.3 Å². The van der Waals surface area contributed by atoms with E-state index in [1.807, 2.05) is 40.7 Å². The SMILES string of the molecule is CCOc1nncc(C)c1-c1ccc(OC(C)(C)C)cc1C. The van der Waals surface area contributed by atoms with Gasteiger partial charge in [0, 0.05) is 0 Å². The molecule has 2 aromatic rings. The van der Waals surface area contributed by atoms with Crippen molar-refractivity contribution in [3.63, 3.8) is 0 Å². The van der Waals surface area contributed by atoms with E-state index in [9.17, 15) is 0 Å². The molecular formula is C18H24N2O2. The van der Waals surface area contributed by atoms with Crippen molar-refractivity contribution in [1.29, 1.82) is 0 Å². The lowest BCUT2D eigenvalue weighted by atomic mass is 9.98. The summed E-state index contributed by atoms with van der Waals surface area (Å²) < 4.78 is 11.6. The highest BCUT2D eigenvalue weighted by molar-refractivity contribution is 5.74. The molecule has 1 aromatic heterocycles. The first kappa shape index (κ1) is 16.3. The summed E-state index contributed by atoms with van der Waals surface area (Å²) in [5, 5.41) is 8.11. The first-order chi connectivity index (χ1) is 10.3. The maximum atomic E-state index is 5.92. The van der Waals surface area contributed by atoms with E-state index in [0.29, 0.717) is 12.5 Å². The van der Waals surface area contributed by atoms with Gasteiger partial charge in [-0.2, -0.15) is 5.10 Å². The largest absolute Gasteiger partial charge is 0.488 e. The Kier molecular flexibility index (Phi) is 4.69. The standard InChI is InChI=1S/C18H24N2O2/c1-7-21-17-16(13(3)11-19-20-17)15-9-8-14(10-12(15)2)22-18(4,5)6/h8-11H,7H2,1-6H3. The smallest absolute Gasteiger partial charge is 0.241 e. The van der Waals surface area contributed by atoms with Gasteiger partial charge in [0.1, 0.15) is 11.4 Å². The molecule has 0 aliphatic carbocycles. The molecule has 0 unspecified atom stereocenters. The highest BCUT2D eigenvalue weighted by Crippen LogP contribution is 2.35. The van der Waals surface area contributed by atoms with E-state index >= 15 is 0 Å². The molecule has 1 heterocycles. The fourth-order valence-corrected chi connectivity index (χ4v) is 2.35. The van der Waals surface area contributed by atoms with Gasteiger partial charge in [0.25, 0.3) is 0 Å². The summed E-state index contributed by atoms with van der Waals surface area (Å²) in [6.07, 6.45) is 1.76. The molecule has 0 N–H and O–H groups in total. The topological polar surface area (TPSA) is 44.2 Å². The fraction of sp³-hybridized carbons (Fsp3) is 0.444. The molecule has 0 atom stereocenters. The van der Waals surface area contributed by atoms with Crippen molar-refractivity contribution in [2.24, 2.45) is 0 Å². The predicted molar refractivity (Wildman–Crippen MR) is 88.5 cm³/mol. The summed E-state index contributed by atoms with van der Waals surface area (Å²) in [4.78, 5) is 0. The van der Waals surface area contributed by atoms with Crippen molar-refractivity contribution in [2.75, 3.05) is 6.61 Å². The van der Waals surface area contributed by atoms with Gasteiger partial charge >= 0.3 is 0 Å². The van der Waals surface area contributed by atoms with Gasteiger partial charge in [0.15, 0.2) is 0 Å². The van der Waals surface area contributed by atoms with Gasteiger partial charge in [0.05, 0.1) is 18.4 Å². The van der Waals surface area contributed by atoms with Crippen molar-refractivity contribution < 1.29 is 9.47 Å². The molecule has 118 valence electrons. The Hall–Kier alpha value is -2.10. The number of benzene rings is 1. The van der Waals surface area contributed by atoms with Crippen molar-refractivity contribution in [2.45, 2.75) is 47.1 Å². The number of aryl methyl sites for hydroxylation is 2. The number of hydrogen-bond acceptors (Lipinski definition) is 4. The van der Waals surface area contributed by atoms with Crippen molar-refractivity contribution in [1.82, 2.24) is 10.2 Å². The van der Waals surface area contributed by atoms with Crippen LogP contribution in [0.15, 0.2) is 24.4 Å². The van der Waals surface area contributed by atoms with Crippen LogP contribution in [0.25, 0.3) is 11.1 Å². The molecule has 0 saturated heterocycles. The molecule has 0 aliphatic heterocycles. The van der Waals surface area contributed by atoms with Gasteiger partial charge < -0.3 is 9.47 Å². The second kappa shape index (κ2) is 6.34. The molecule has 2 rings (SSSR count). The lowest BCUT2D eigenvalue weighted by molar-refractivity contribution is 0.131. The summed E-state index contributed by atoms with van der Waals surface area (Å²) >= 11 is 0. The van der Waals surface area contributed by atoms with Crippen LogP contribution in [0.5, 0.6) is 11.6 Å². The van der Waals surface area contributed by atoms with Gasteiger partial charge in [-0.15, -0.1) is 5.10 Å². The molecule has 0 bridgehead atoms. The second-order valence-electron chi connectivity index (χ2n) is 6.33. The van der Waals surface area contributed by atoms with E-state index in [4.69, 9.17) is 9.47 Å². The minimum Gasteiger partial charge on any atom is -0.488 e. The van der Waals surface area contributed by atoms with E-state index < -0.39 is 0 Å². The molecule has 1 aromatic carbocycles. The van der Waals surface area contributed by atoms with E-state index in [-0.39, 0.29) is 5.60 Å². The zero-order chi connectivity index (χ0) is 16.3.